The van der Waals surface area contributed by atoms with Crippen LogP contribution in [0.3, 0.4) is 0 Å². The van der Waals surface area contributed by atoms with Gasteiger partial charge in [-0.15, -0.1) is 11.3 Å². The largest absolute Gasteiger partial charge is 0.378 e. The number of carbonyl (C=O) groups is 1. The zero-order valence-corrected chi connectivity index (χ0v) is 12.3. The molecule has 2 N–H and O–H groups in total. The number of hydrogen-bond acceptors (Lipinski definition) is 4. The van der Waals surface area contributed by atoms with Crippen molar-refractivity contribution in [1.82, 2.24) is 15.6 Å². The van der Waals surface area contributed by atoms with Gasteiger partial charge in [-0.1, -0.05) is 0 Å². The number of amides is 2. The Kier molecular flexibility index (Phi) is 4.52. The highest BCUT2D eigenvalue weighted by atomic mass is 32.1. The summed E-state index contributed by atoms with van der Waals surface area (Å²) in [6, 6.07) is -0.00664. The predicted octanol–water partition coefficient (Wildman–Crippen LogP) is 2.46. The number of ether oxygens (including phenoxy) is 1. The molecule has 0 spiro atoms. The van der Waals surface area contributed by atoms with Crippen LogP contribution < -0.4 is 10.6 Å². The van der Waals surface area contributed by atoms with Gasteiger partial charge in [-0.3, -0.25) is 0 Å². The number of nitrogens with zero attached hydrogens (tertiary/aromatic N) is 1. The molecule has 20 heavy (non-hydrogen) atoms. The lowest BCUT2D eigenvalue weighted by molar-refractivity contribution is 0.104. The summed E-state index contributed by atoms with van der Waals surface area (Å²) in [6.45, 7) is 1.54. The molecule has 2 fully saturated rings. The first kappa shape index (κ1) is 13.8. The molecule has 3 rings (SSSR count). The van der Waals surface area contributed by atoms with Crippen LogP contribution in [0.25, 0.3) is 0 Å². The van der Waals surface area contributed by atoms with Gasteiger partial charge in [-0.25, -0.2) is 9.78 Å². The van der Waals surface area contributed by atoms with Crippen LogP contribution in [-0.2, 0) is 4.74 Å². The van der Waals surface area contributed by atoms with Gasteiger partial charge in [0.25, 0.3) is 0 Å². The predicted molar refractivity (Wildman–Crippen MR) is 77.7 cm³/mol. The van der Waals surface area contributed by atoms with Crippen LogP contribution >= 0.6 is 11.3 Å². The summed E-state index contributed by atoms with van der Waals surface area (Å²) < 4.78 is 5.54. The summed E-state index contributed by atoms with van der Waals surface area (Å²) in [5.74, 6) is 0.560. The summed E-state index contributed by atoms with van der Waals surface area (Å²) >= 11 is 1.61. The fourth-order valence-corrected chi connectivity index (χ4v) is 3.39. The maximum Gasteiger partial charge on any atom is 0.315 e. The first-order chi connectivity index (χ1) is 9.83. The number of nitrogens with one attached hydrogen (secondary N) is 2. The van der Waals surface area contributed by atoms with Crippen molar-refractivity contribution in [2.75, 3.05) is 13.2 Å². The van der Waals surface area contributed by atoms with Crippen molar-refractivity contribution >= 4 is 17.4 Å². The van der Waals surface area contributed by atoms with Crippen molar-refractivity contribution < 1.29 is 9.53 Å². The van der Waals surface area contributed by atoms with E-state index in [1.165, 1.54) is 12.8 Å². The third-order valence-corrected chi connectivity index (χ3v) is 4.73. The number of rotatable bonds is 6. The van der Waals surface area contributed by atoms with E-state index >= 15 is 0 Å². The molecule has 6 heteroatoms. The molecule has 0 aromatic carbocycles. The Hall–Kier alpha value is -1.14. The Morgan fingerprint density at radius 2 is 2.40 bits per heavy atom. The van der Waals surface area contributed by atoms with Crippen LogP contribution in [0.2, 0.25) is 0 Å². The van der Waals surface area contributed by atoms with Crippen molar-refractivity contribution in [3.05, 3.63) is 16.6 Å². The van der Waals surface area contributed by atoms with Crippen LogP contribution in [0.15, 0.2) is 11.6 Å². The molecule has 2 aliphatic rings. The average Bonchev–Trinajstić information content (AvgIpc) is 2.93. The van der Waals surface area contributed by atoms with Crippen molar-refractivity contribution in [2.45, 2.75) is 44.2 Å². The van der Waals surface area contributed by atoms with Gasteiger partial charge in [0.15, 0.2) is 0 Å². The van der Waals surface area contributed by atoms with Crippen molar-refractivity contribution in [1.29, 1.82) is 0 Å². The highest BCUT2D eigenvalue weighted by Gasteiger charge is 2.34. The van der Waals surface area contributed by atoms with E-state index in [1.54, 1.807) is 17.5 Å². The van der Waals surface area contributed by atoms with E-state index < -0.39 is 0 Å². The number of hydrogen-bond donors (Lipinski definition) is 2. The molecule has 1 saturated carbocycles. The Morgan fingerprint density at radius 1 is 1.50 bits per heavy atom. The summed E-state index contributed by atoms with van der Waals surface area (Å²) in [7, 11) is 0. The quantitative estimate of drug-likeness (QED) is 0.847. The highest BCUT2D eigenvalue weighted by Crippen LogP contribution is 2.41. The first-order valence-corrected chi connectivity index (χ1v) is 8.26. The molecule has 1 aromatic rings. The summed E-state index contributed by atoms with van der Waals surface area (Å²) in [5.41, 5.74) is 0. The Labute approximate surface area is 123 Å². The number of aromatic nitrogens is 1. The van der Waals surface area contributed by atoms with Gasteiger partial charge in [-0.2, -0.15) is 0 Å². The van der Waals surface area contributed by atoms with Gasteiger partial charge >= 0.3 is 6.03 Å². The molecule has 0 bridgehead atoms. The molecular formula is C14H21N3O2S. The SMILES string of the molecule is O=C(NCC[C@@H]1CCCO1)N[C@H](c1nccs1)C1CC1. The minimum absolute atomic E-state index is 0.0812. The van der Waals surface area contributed by atoms with Crippen molar-refractivity contribution in [3.8, 4) is 0 Å². The van der Waals surface area contributed by atoms with Crippen LogP contribution in [0.5, 0.6) is 0 Å². The molecule has 0 radical (unpaired) electrons. The molecule has 1 saturated heterocycles. The average molecular weight is 295 g/mol. The van der Waals surface area contributed by atoms with Gasteiger partial charge in [0.2, 0.25) is 0 Å². The second kappa shape index (κ2) is 6.54. The molecule has 2 amide bonds. The van der Waals surface area contributed by atoms with Gasteiger partial charge in [-0.05, 0) is 38.0 Å². The van der Waals surface area contributed by atoms with Crippen LogP contribution in [-0.4, -0.2) is 30.3 Å². The van der Waals surface area contributed by atoms with E-state index in [9.17, 15) is 4.79 Å². The standard InChI is InChI=1S/C14H21N3O2S/c18-14(16-6-5-11-2-1-8-19-11)17-12(10-3-4-10)13-15-7-9-20-13/h7,9-12H,1-6,8H2,(H2,16,17,18)/t11-,12-/m0/s1. The lowest BCUT2D eigenvalue weighted by Gasteiger charge is -2.17. The number of urea groups is 1. The van der Waals surface area contributed by atoms with Crippen LogP contribution in [0.4, 0.5) is 4.79 Å². The lowest BCUT2D eigenvalue weighted by Crippen LogP contribution is -2.39. The maximum atomic E-state index is 12.0. The summed E-state index contributed by atoms with van der Waals surface area (Å²) in [4.78, 5) is 16.3. The number of carbonyl (C=O) groups excluding carboxylic acids is 1. The van der Waals surface area contributed by atoms with E-state index in [4.69, 9.17) is 4.74 Å². The molecule has 1 aliphatic heterocycles. The fraction of sp³-hybridized carbons (Fsp3) is 0.714. The summed E-state index contributed by atoms with van der Waals surface area (Å²) in [5, 5.41) is 8.97. The van der Waals surface area contributed by atoms with Gasteiger partial charge in [0, 0.05) is 24.7 Å². The molecule has 110 valence electrons. The Balaban J connectivity index is 1.42. The van der Waals surface area contributed by atoms with E-state index in [0.29, 0.717) is 18.6 Å². The Bertz CT molecular complexity index is 428. The second-order valence-corrected chi connectivity index (χ2v) is 6.44. The monoisotopic (exact) mass is 295 g/mol. The molecular weight excluding hydrogens is 274 g/mol. The Morgan fingerprint density at radius 3 is 3.05 bits per heavy atom. The molecule has 2 heterocycles. The van der Waals surface area contributed by atoms with E-state index in [2.05, 4.69) is 15.6 Å². The molecule has 2 atom stereocenters. The van der Waals surface area contributed by atoms with Crippen molar-refractivity contribution in [2.24, 2.45) is 5.92 Å². The van der Waals surface area contributed by atoms with Gasteiger partial charge in [0.1, 0.15) is 5.01 Å². The third kappa shape index (κ3) is 3.70. The lowest BCUT2D eigenvalue weighted by atomic mass is 10.2. The minimum Gasteiger partial charge on any atom is -0.378 e. The normalized spacial score (nSPS) is 23.5. The molecule has 0 unspecified atom stereocenters. The van der Waals surface area contributed by atoms with E-state index in [0.717, 1.165) is 30.9 Å². The van der Waals surface area contributed by atoms with Crippen LogP contribution in [0, 0.1) is 5.92 Å². The fourth-order valence-electron chi connectivity index (χ4n) is 2.61. The second-order valence-electron chi connectivity index (χ2n) is 5.51. The topological polar surface area (TPSA) is 63.2 Å². The minimum atomic E-state index is -0.0879. The third-order valence-electron chi connectivity index (χ3n) is 3.87. The van der Waals surface area contributed by atoms with E-state index in [1.807, 2.05) is 5.38 Å². The number of thiazole rings is 1. The van der Waals surface area contributed by atoms with E-state index in [-0.39, 0.29) is 12.1 Å². The zero-order valence-electron chi connectivity index (χ0n) is 11.5. The van der Waals surface area contributed by atoms with Crippen molar-refractivity contribution in [3.63, 3.8) is 0 Å². The van der Waals surface area contributed by atoms with Gasteiger partial charge < -0.3 is 15.4 Å². The summed E-state index contributed by atoms with van der Waals surface area (Å²) in [6.07, 6.45) is 7.65. The van der Waals surface area contributed by atoms with Gasteiger partial charge in [0.05, 0.1) is 12.1 Å². The molecule has 1 aromatic heterocycles. The highest BCUT2D eigenvalue weighted by molar-refractivity contribution is 7.09. The smallest absolute Gasteiger partial charge is 0.315 e. The van der Waals surface area contributed by atoms with Crippen LogP contribution in [0.1, 0.15) is 43.2 Å². The zero-order chi connectivity index (χ0) is 13.8. The molecule has 5 nitrogen and oxygen atoms in total. The molecule has 1 aliphatic carbocycles. The maximum absolute atomic E-state index is 12.0. The first-order valence-electron chi connectivity index (χ1n) is 7.38.